The van der Waals surface area contributed by atoms with Gasteiger partial charge in [0.15, 0.2) is 0 Å². The standard InChI is InChI=1S/C13H13BO2/c15-14-12-9-5-4-8-11(12)13(16-14)10-6-2-1-3-7-10/h1-7,9,11,13,15H,8H2. The van der Waals surface area contributed by atoms with Crippen molar-refractivity contribution in [2.45, 2.75) is 12.5 Å². The highest BCUT2D eigenvalue weighted by atomic mass is 16.5. The molecule has 16 heavy (non-hydrogen) atoms. The van der Waals surface area contributed by atoms with E-state index in [1.807, 2.05) is 30.4 Å². The first-order chi connectivity index (χ1) is 7.86. The maximum absolute atomic E-state index is 9.83. The molecule has 1 aromatic rings. The van der Waals surface area contributed by atoms with E-state index >= 15 is 0 Å². The second kappa shape index (κ2) is 3.93. The molecule has 2 aliphatic rings. The molecular formula is C13H13BO2. The maximum Gasteiger partial charge on any atom is 0.487 e. The molecule has 2 nitrogen and oxygen atoms in total. The number of rotatable bonds is 1. The molecule has 1 aromatic carbocycles. The first-order valence-corrected chi connectivity index (χ1v) is 5.61. The van der Waals surface area contributed by atoms with Gasteiger partial charge in [0, 0.05) is 5.92 Å². The second-order valence-corrected chi connectivity index (χ2v) is 4.26. The number of allylic oxidation sites excluding steroid dienone is 3. The Morgan fingerprint density at radius 1 is 1.25 bits per heavy atom. The molecule has 1 aliphatic carbocycles. The summed E-state index contributed by atoms with van der Waals surface area (Å²) in [5.74, 6) is 0.294. The van der Waals surface area contributed by atoms with E-state index in [1.165, 1.54) is 0 Å². The Morgan fingerprint density at radius 2 is 2.06 bits per heavy atom. The predicted octanol–water partition coefficient (Wildman–Crippen LogP) is 2.28. The van der Waals surface area contributed by atoms with Crippen LogP contribution in [0.15, 0.2) is 54.0 Å². The van der Waals surface area contributed by atoms with Crippen molar-refractivity contribution in [1.82, 2.24) is 0 Å². The second-order valence-electron chi connectivity index (χ2n) is 4.26. The quantitative estimate of drug-likeness (QED) is 0.723. The van der Waals surface area contributed by atoms with Gasteiger partial charge in [0.2, 0.25) is 0 Å². The third-order valence-corrected chi connectivity index (χ3v) is 3.30. The zero-order chi connectivity index (χ0) is 11.0. The lowest BCUT2D eigenvalue weighted by atomic mass is 9.71. The topological polar surface area (TPSA) is 29.5 Å². The lowest BCUT2D eigenvalue weighted by Crippen LogP contribution is -2.14. The van der Waals surface area contributed by atoms with Crippen molar-refractivity contribution in [3.05, 3.63) is 59.6 Å². The summed E-state index contributed by atoms with van der Waals surface area (Å²) < 4.78 is 5.64. The number of fused-ring (bicyclic) bond motifs is 1. The Balaban J connectivity index is 1.94. The van der Waals surface area contributed by atoms with Crippen LogP contribution in [0, 0.1) is 5.92 Å². The van der Waals surface area contributed by atoms with Crippen LogP contribution in [0.25, 0.3) is 0 Å². The van der Waals surface area contributed by atoms with Crippen molar-refractivity contribution < 1.29 is 9.68 Å². The number of benzene rings is 1. The van der Waals surface area contributed by atoms with Gasteiger partial charge in [-0.25, -0.2) is 0 Å². The molecule has 2 unspecified atom stereocenters. The molecule has 3 rings (SSSR count). The molecule has 80 valence electrons. The molecule has 1 fully saturated rings. The first kappa shape index (κ1) is 9.88. The molecular weight excluding hydrogens is 199 g/mol. The van der Waals surface area contributed by atoms with Gasteiger partial charge in [0.1, 0.15) is 0 Å². The fraction of sp³-hybridized carbons (Fsp3) is 0.231. The normalized spacial score (nSPS) is 27.8. The minimum absolute atomic E-state index is 0.00704. The molecule has 0 saturated carbocycles. The summed E-state index contributed by atoms with van der Waals surface area (Å²) in [6, 6.07) is 10.1. The molecule has 1 N–H and O–H groups in total. The van der Waals surface area contributed by atoms with E-state index in [0.29, 0.717) is 5.92 Å². The van der Waals surface area contributed by atoms with Crippen LogP contribution in [0.2, 0.25) is 0 Å². The van der Waals surface area contributed by atoms with Crippen molar-refractivity contribution in [2.24, 2.45) is 5.92 Å². The van der Waals surface area contributed by atoms with Crippen molar-refractivity contribution in [3.63, 3.8) is 0 Å². The summed E-state index contributed by atoms with van der Waals surface area (Å²) in [4.78, 5) is 0. The molecule has 0 radical (unpaired) electrons. The largest absolute Gasteiger partial charge is 0.487 e. The van der Waals surface area contributed by atoms with E-state index in [4.69, 9.17) is 4.65 Å². The lowest BCUT2D eigenvalue weighted by molar-refractivity contribution is 0.167. The fourth-order valence-electron chi connectivity index (χ4n) is 2.49. The minimum Gasteiger partial charge on any atom is -0.423 e. The smallest absolute Gasteiger partial charge is 0.423 e. The van der Waals surface area contributed by atoms with Crippen LogP contribution >= 0.6 is 0 Å². The molecule has 0 aromatic heterocycles. The van der Waals surface area contributed by atoms with Crippen LogP contribution in [0.4, 0.5) is 0 Å². The highest BCUT2D eigenvalue weighted by molar-refractivity contribution is 6.53. The van der Waals surface area contributed by atoms with E-state index in [9.17, 15) is 5.02 Å². The molecule has 3 heteroatoms. The monoisotopic (exact) mass is 212 g/mol. The van der Waals surface area contributed by atoms with E-state index in [0.717, 1.165) is 17.5 Å². The van der Waals surface area contributed by atoms with E-state index in [-0.39, 0.29) is 6.10 Å². The molecule has 2 atom stereocenters. The van der Waals surface area contributed by atoms with Crippen LogP contribution in [-0.2, 0) is 4.65 Å². The number of hydrogen-bond acceptors (Lipinski definition) is 2. The molecule has 0 spiro atoms. The zero-order valence-electron chi connectivity index (χ0n) is 8.91. The minimum atomic E-state index is -0.736. The van der Waals surface area contributed by atoms with Crippen LogP contribution in [0.1, 0.15) is 18.1 Å². The van der Waals surface area contributed by atoms with Crippen molar-refractivity contribution in [2.75, 3.05) is 0 Å². The summed E-state index contributed by atoms with van der Waals surface area (Å²) in [6.45, 7) is 0. The highest BCUT2D eigenvalue weighted by Gasteiger charge is 2.42. The van der Waals surface area contributed by atoms with E-state index in [2.05, 4.69) is 18.2 Å². The maximum atomic E-state index is 9.83. The van der Waals surface area contributed by atoms with Gasteiger partial charge < -0.3 is 9.68 Å². The van der Waals surface area contributed by atoms with Crippen molar-refractivity contribution in [1.29, 1.82) is 0 Å². The Hall–Kier alpha value is -1.32. The zero-order valence-corrected chi connectivity index (χ0v) is 8.91. The summed E-state index contributed by atoms with van der Waals surface area (Å²) in [7, 11) is -0.736. The Kier molecular flexibility index (Phi) is 2.42. The van der Waals surface area contributed by atoms with Gasteiger partial charge in [-0.2, -0.15) is 0 Å². The van der Waals surface area contributed by atoms with Gasteiger partial charge >= 0.3 is 7.12 Å². The van der Waals surface area contributed by atoms with Gasteiger partial charge in [-0.05, 0) is 17.5 Å². The average Bonchev–Trinajstić information content (AvgIpc) is 2.69. The van der Waals surface area contributed by atoms with Crippen LogP contribution < -0.4 is 0 Å². The Morgan fingerprint density at radius 3 is 2.88 bits per heavy atom. The van der Waals surface area contributed by atoms with E-state index < -0.39 is 7.12 Å². The van der Waals surface area contributed by atoms with Crippen molar-refractivity contribution in [3.8, 4) is 0 Å². The van der Waals surface area contributed by atoms with Crippen LogP contribution in [-0.4, -0.2) is 12.1 Å². The molecule has 1 saturated heterocycles. The van der Waals surface area contributed by atoms with Gasteiger partial charge in [-0.15, -0.1) is 0 Å². The first-order valence-electron chi connectivity index (χ1n) is 5.61. The predicted molar refractivity (Wildman–Crippen MR) is 63.6 cm³/mol. The van der Waals surface area contributed by atoms with Gasteiger partial charge in [-0.3, -0.25) is 0 Å². The van der Waals surface area contributed by atoms with Gasteiger partial charge in [0.25, 0.3) is 0 Å². The Labute approximate surface area is 95.4 Å². The lowest BCUT2D eigenvalue weighted by Gasteiger charge is -2.20. The van der Waals surface area contributed by atoms with Crippen molar-refractivity contribution >= 4 is 7.12 Å². The van der Waals surface area contributed by atoms with Crippen LogP contribution in [0.5, 0.6) is 0 Å². The van der Waals surface area contributed by atoms with Gasteiger partial charge in [0.05, 0.1) is 6.10 Å². The summed E-state index contributed by atoms with van der Waals surface area (Å²) in [6.07, 6.45) is 7.04. The van der Waals surface area contributed by atoms with Gasteiger partial charge in [-0.1, -0.05) is 48.6 Å². The molecule has 1 heterocycles. The van der Waals surface area contributed by atoms with Crippen LogP contribution in [0.3, 0.4) is 0 Å². The van der Waals surface area contributed by atoms with E-state index in [1.54, 1.807) is 0 Å². The SMILES string of the molecule is OB1OC(c2ccccc2)C2CC=CC=C12. The summed E-state index contributed by atoms with van der Waals surface area (Å²) in [5, 5.41) is 9.83. The third-order valence-electron chi connectivity index (χ3n) is 3.30. The molecule has 0 amide bonds. The Bertz CT molecular complexity index is 439. The summed E-state index contributed by atoms with van der Waals surface area (Å²) in [5.41, 5.74) is 2.15. The average molecular weight is 212 g/mol. The fourth-order valence-corrected chi connectivity index (χ4v) is 2.49. The number of hydrogen-bond donors (Lipinski definition) is 1. The third kappa shape index (κ3) is 1.53. The highest BCUT2D eigenvalue weighted by Crippen LogP contribution is 2.42. The summed E-state index contributed by atoms with van der Waals surface area (Å²) >= 11 is 0. The molecule has 1 aliphatic heterocycles. The molecule has 0 bridgehead atoms.